The average Bonchev–Trinajstić information content (AvgIpc) is 3.34. The number of ether oxygens (including phenoxy) is 3. The van der Waals surface area contributed by atoms with Gasteiger partial charge >= 0.3 is 0 Å². The summed E-state index contributed by atoms with van der Waals surface area (Å²) in [6, 6.07) is 21.3. The maximum Gasteiger partial charge on any atom is 0.102 e. The van der Waals surface area contributed by atoms with E-state index in [2.05, 4.69) is 86.5 Å². The summed E-state index contributed by atoms with van der Waals surface area (Å²) in [6.07, 6.45) is 16.5. The minimum atomic E-state index is 0.0187. The highest BCUT2D eigenvalue weighted by Crippen LogP contribution is 2.33. The Labute approximate surface area is 245 Å². The van der Waals surface area contributed by atoms with Crippen molar-refractivity contribution >= 4 is 0 Å². The van der Waals surface area contributed by atoms with Gasteiger partial charge in [-0.3, -0.25) is 4.90 Å². The Morgan fingerprint density at radius 1 is 0.600 bits per heavy atom. The number of likely N-dealkylation sites (N-methyl/N-ethyl adjacent to an activating group) is 1. The second-order valence-corrected chi connectivity index (χ2v) is 11.7. The molecule has 224 valence electrons. The fourth-order valence-electron chi connectivity index (χ4n) is 5.95. The molecule has 40 heavy (non-hydrogen) atoms. The Bertz CT molecular complexity index is 861. The molecule has 0 N–H and O–H groups in total. The van der Waals surface area contributed by atoms with Gasteiger partial charge in [0, 0.05) is 13.0 Å². The lowest BCUT2D eigenvalue weighted by atomic mass is 10.1. The lowest BCUT2D eigenvalue weighted by Crippen LogP contribution is -2.48. The molecule has 0 amide bonds. The van der Waals surface area contributed by atoms with E-state index in [9.17, 15) is 0 Å². The van der Waals surface area contributed by atoms with Gasteiger partial charge in [0.1, 0.15) is 6.10 Å². The fourth-order valence-corrected chi connectivity index (χ4v) is 5.95. The van der Waals surface area contributed by atoms with Crippen LogP contribution in [-0.4, -0.2) is 49.5 Å². The molecule has 2 aromatic carbocycles. The van der Waals surface area contributed by atoms with Gasteiger partial charge in [0.15, 0.2) is 0 Å². The van der Waals surface area contributed by atoms with Crippen LogP contribution in [0.4, 0.5) is 0 Å². The van der Waals surface area contributed by atoms with Crippen molar-refractivity contribution < 1.29 is 14.2 Å². The van der Waals surface area contributed by atoms with Crippen molar-refractivity contribution in [1.29, 1.82) is 0 Å². The third-order valence-electron chi connectivity index (χ3n) is 8.34. The van der Waals surface area contributed by atoms with E-state index in [1.165, 1.54) is 81.8 Å². The van der Waals surface area contributed by atoms with Gasteiger partial charge in [-0.2, -0.15) is 0 Å². The standard InChI is InChI=1S/C36H57NO3/c1-4-6-8-10-11-13-21-27-38-36-34(40-30-32-24-18-15-19-25-32)28-33(39-29-31-22-16-14-17-23-31)35(36)37(3)26-20-12-9-7-5-2/h14-19,22-25,33-36H,4-13,20-21,26-30H2,1-3H3/t33-,34+,35+,36+/m1/s1. The molecule has 1 aliphatic carbocycles. The zero-order valence-electron chi connectivity index (χ0n) is 25.8. The minimum Gasteiger partial charge on any atom is -0.374 e. The first kappa shape index (κ1) is 32.8. The summed E-state index contributed by atoms with van der Waals surface area (Å²) >= 11 is 0. The van der Waals surface area contributed by atoms with Crippen LogP contribution in [0.1, 0.15) is 108 Å². The second kappa shape index (κ2) is 20.2. The summed E-state index contributed by atoms with van der Waals surface area (Å²) < 4.78 is 20.0. The van der Waals surface area contributed by atoms with Gasteiger partial charge in [-0.1, -0.05) is 139 Å². The van der Waals surface area contributed by atoms with E-state index in [0.29, 0.717) is 13.2 Å². The first-order valence-corrected chi connectivity index (χ1v) is 16.4. The summed E-state index contributed by atoms with van der Waals surface area (Å²) in [7, 11) is 2.27. The first-order valence-electron chi connectivity index (χ1n) is 16.4. The Morgan fingerprint density at radius 2 is 1.10 bits per heavy atom. The molecule has 0 spiro atoms. The largest absolute Gasteiger partial charge is 0.374 e. The molecular formula is C36H57NO3. The van der Waals surface area contributed by atoms with Crippen LogP contribution >= 0.6 is 0 Å². The van der Waals surface area contributed by atoms with Crippen LogP contribution in [0.2, 0.25) is 0 Å². The minimum absolute atomic E-state index is 0.0187. The zero-order valence-corrected chi connectivity index (χ0v) is 25.8. The maximum atomic E-state index is 6.75. The molecule has 0 heterocycles. The Hall–Kier alpha value is -1.72. The van der Waals surface area contributed by atoms with Crippen LogP contribution < -0.4 is 0 Å². The van der Waals surface area contributed by atoms with Gasteiger partial charge in [0.05, 0.1) is 31.5 Å². The van der Waals surface area contributed by atoms with Crippen molar-refractivity contribution in [3.63, 3.8) is 0 Å². The fraction of sp³-hybridized carbons (Fsp3) is 0.667. The SMILES string of the molecule is CCCCCCCCCO[C@@H]1[C@@H](N(C)CCCCCCC)[C@H](OCc2ccccc2)C[C@@H]1OCc1ccccc1. The van der Waals surface area contributed by atoms with Crippen LogP contribution in [0.3, 0.4) is 0 Å². The smallest absolute Gasteiger partial charge is 0.102 e. The summed E-state index contributed by atoms with van der Waals surface area (Å²) in [6.45, 7) is 7.67. The summed E-state index contributed by atoms with van der Waals surface area (Å²) in [5, 5.41) is 0. The van der Waals surface area contributed by atoms with Crippen molar-refractivity contribution in [3.05, 3.63) is 71.8 Å². The molecule has 3 rings (SSSR count). The molecule has 0 unspecified atom stereocenters. The van der Waals surface area contributed by atoms with Crippen LogP contribution in [0.5, 0.6) is 0 Å². The molecule has 4 atom stereocenters. The van der Waals surface area contributed by atoms with Crippen LogP contribution in [-0.2, 0) is 27.4 Å². The van der Waals surface area contributed by atoms with Crippen molar-refractivity contribution in [1.82, 2.24) is 4.90 Å². The number of nitrogens with zero attached hydrogens (tertiary/aromatic N) is 1. The first-order chi connectivity index (χ1) is 19.7. The second-order valence-electron chi connectivity index (χ2n) is 11.7. The van der Waals surface area contributed by atoms with E-state index in [0.717, 1.165) is 26.0 Å². The normalized spacial score (nSPS) is 20.9. The molecule has 1 aliphatic rings. The summed E-state index contributed by atoms with van der Waals surface area (Å²) in [5.41, 5.74) is 2.43. The molecule has 0 bridgehead atoms. The third-order valence-corrected chi connectivity index (χ3v) is 8.34. The molecule has 0 aromatic heterocycles. The summed E-state index contributed by atoms with van der Waals surface area (Å²) in [4.78, 5) is 2.52. The Kier molecular flexibility index (Phi) is 16.6. The van der Waals surface area contributed by atoms with Gasteiger partial charge in [0.2, 0.25) is 0 Å². The zero-order chi connectivity index (χ0) is 28.3. The number of rotatable bonds is 22. The van der Waals surface area contributed by atoms with E-state index < -0.39 is 0 Å². The highest BCUT2D eigenvalue weighted by atomic mass is 16.6. The monoisotopic (exact) mass is 551 g/mol. The van der Waals surface area contributed by atoms with E-state index in [-0.39, 0.29) is 24.4 Å². The molecule has 4 nitrogen and oxygen atoms in total. The Balaban J connectivity index is 1.65. The van der Waals surface area contributed by atoms with Gasteiger partial charge < -0.3 is 14.2 Å². The Morgan fingerprint density at radius 3 is 1.68 bits per heavy atom. The molecule has 2 aromatic rings. The summed E-state index contributed by atoms with van der Waals surface area (Å²) in [5.74, 6) is 0. The number of hydrogen-bond acceptors (Lipinski definition) is 4. The molecule has 4 heteroatoms. The molecule has 1 fully saturated rings. The van der Waals surface area contributed by atoms with Gasteiger partial charge in [-0.25, -0.2) is 0 Å². The van der Waals surface area contributed by atoms with Gasteiger partial charge in [-0.05, 0) is 37.6 Å². The molecule has 0 radical (unpaired) electrons. The number of hydrogen-bond donors (Lipinski definition) is 0. The number of benzene rings is 2. The number of unbranched alkanes of at least 4 members (excludes halogenated alkanes) is 10. The van der Waals surface area contributed by atoms with E-state index in [4.69, 9.17) is 14.2 Å². The van der Waals surface area contributed by atoms with Gasteiger partial charge in [-0.15, -0.1) is 0 Å². The van der Waals surface area contributed by atoms with E-state index in [1.54, 1.807) is 0 Å². The van der Waals surface area contributed by atoms with Crippen LogP contribution in [0.25, 0.3) is 0 Å². The van der Waals surface area contributed by atoms with Crippen LogP contribution in [0.15, 0.2) is 60.7 Å². The average molecular weight is 552 g/mol. The predicted octanol–water partition coefficient (Wildman–Crippen LogP) is 8.97. The maximum absolute atomic E-state index is 6.75. The molecule has 0 aliphatic heterocycles. The van der Waals surface area contributed by atoms with Crippen molar-refractivity contribution in [2.75, 3.05) is 20.2 Å². The molecule has 0 saturated heterocycles. The predicted molar refractivity (Wildman–Crippen MR) is 168 cm³/mol. The highest BCUT2D eigenvalue weighted by molar-refractivity contribution is 5.15. The van der Waals surface area contributed by atoms with Crippen LogP contribution in [0, 0.1) is 0 Å². The van der Waals surface area contributed by atoms with Gasteiger partial charge in [0.25, 0.3) is 0 Å². The quantitative estimate of drug-likeness (QED) is 0.137. The van der Waals surface area contributed by atoms with Crippen molar-refractivity contribution in [2.24, 2.45) is 0 Å². The van der Waals surface area contributed by atoms with Crippen molar-refractivity contribution in [2.45, 2.75) is 135 Å². The molecular weight excluding hydrogens is 494 g/mol. The van der Waals surface area contributed by atoms with E-state index >= 15 is 0 Å². The van der Waals surface area contributed by atoms with E-state index in [1.807, 2.05) is 0 Å². The lowest BCUT2D eigenvalue weighted by molar-refractivity contribution is -0.0898. The molecule has 1 saturated carbocycles. The van der Waals surface area contributed by atoms with Crippen molar-refractivity contribution in [3.8, 4) is 0 Å². The third kappa shape index (κ3) is 12.0. The highest BCUT2D eigenvalue weighted by Gasteiger charge is 2.47. The lowest BCUT2D eigenvalue weighted by Gasteiger charge is -2.34. The topological polar surface area (TPSA) is 30.9 Å².